The maximum Gasteiger partial charge on any atom is 0.328 e. The summed E-state index contributed by atoms with van der Waals surface area (Å²) >= 11 is 0. The third kappa shape index (κ3) is 2.41. The molecule has 12 heteroatoms. The Bertz CT molecular complexity index is 755. The van der Waals surface area contributed by atoms with Crippen LogP contribution in [0.3, 0.4) is 0 Å². The number of nitrogens with one attached hydrogen (secondary N) is 3. The molecule has 6 unspecified atom stereocenters. The van der Waals surface area contributed by atoms with E-state index in [-0.39, 0.29) is 24.1 Å². The number of nitrogen functional groups attached to an aromatic ring is 1. The smallest absolute Gasteiger partial charge is 0.328 e. The van der Waals surface area contributed by atoms with Gasteiger partial charge in [0.15, 0.2) is 12.0 Å². The Kier molecular flexibility index (Phi) is 3.19. The van der Waals surface area contributed by atoms with E-state index < -0.39 is 43.7 Å². The van der Waals surface area contributed by atoms with Gasteiger partial charge in [0, 0.05) is 6.66 Å². The van der Waals surface area contributed by atoms with Crippen LogP contribution in [0.5, 0.6) is 0 Å². The van der Waals surface area contributed by atoms with Gasteiger partial charge in [-0.05, 0) is 0 Å². The van der Waals surface area contributed by atoms with E-state index >= 15 is 0 Å². The van der Waals surface area contributed by atoms with Crippen molar-refractivity contribution in [2.75, 3.05) is 29.6 Å². The lowest BCUT2D eigenvalue weighted by molar-refractivity contribution is -0.185. The molecule has 1 aromatic heterocycles. The van der Waals surface area contributed by atoms with Crippen LogP contribution in [-0.4, -0.2) is 58.9 Å². The average Bonchev–Trinajstić information content (AvgIpc) is 2.46. The quantitative estimate of drug-likeness (QED) is 0.364. The average molecular weight is 345 g/mol. The molecule has 1 aromatic rings. The van der Waals surface area contributed by atoms with Gasteiger partial charge in [-0.3, -0.25) is 18.9 Å². The molecule has 0 saturated carbocycles. The zero-order valence-corrected chi connectivity index (χ0v) is 12.9. The molecule has 2 fully saturated rings. The zero-order chi connectivity index (χ0) is 16.4. The maximum atomic E-state index is 12.0. The molecule has 0 aliphatic carbocycles. The molecular weight excluding hydrogens is 329 g/mol. The third-order valence-corrected chi connectivity index (χ3v) is 5.28. The topological polar surface area (TPSA) is 161 Å². The zero-order valence-electron chi connectivity index (χ0n) is 12.1. The molecule has 23 heavy (non-hydrogen) atoms. The van der Waals surface area contributed by atoms with E-state index in [1.54, 1.807) is 0 Å². The summed E-state index contributed by atoms with van der Waals surface area (Å²) in [5.74, 6) is 0.198. The number of aromatic amines is 1. The van der Waals surface area contributed by atoms with Gasteiger partial charge >= 0.3 is 7.60 Å². The molecule has 0 spiro atoms. The second-order valence-corrected chi connectivity index (χ2v) is 7.72. The monoisotopic (exact) mass is 345 g/mol. The minimum atomic E-state index is -3.23. The van der Waals surface area contributed by atoms with Crippen LogP contribution in [0.2, 0.25) is 0 Å². The number of fused-ring (bicyclic) bond motifs is 3. The molecule has 4 heterocycles. The summed E-state index contributed by atoms with van der Waals surface area (Å²) in [4.78, 5) is 18.3. The number of ether oxygens (including phenoxy) is 1. The predicted molar refractivity (Wildman–Crippen MR) is 79.3 cm³/mol. The minimum absolute atomic E-state index is 0.0352. The number of nitrogens with zero attached hydrogens (tertiary/aromatic N) is 1. The van der Waals surface area contributed by atoms with Crippen molar-refractivity contribution >= 4 is 25.0 Å². The highest BCUT2D eigenvalue weighted by Crippen LogP contribution is 2.51. The van der Waals surface area contributed by atoms with Crippen molar-refractivity contribution in [1.29, 1.82) is 0 Å². The first-order valence-corrected chi connectivity index (χ1v) is 9.00. The number of rotatable bonds is 0. The van der Waals surface area contributed by atoms with E-state index in [4.69, 9.17) is 19.5 Å². The summed E-state index contributed by atoms with van der Waals surface area (Å²) in [7, 11) is -3.23. The van der Waals surface area contributed by atoms with Gasteiger partial charge in [-0.2, -0.15) is 4.98 Å². The van der Waals surface area contributed by atoms with Gasteiger partial charge in [-0.15, -0.1) is 0 Å². The van der Waals surface area contributed by atoms with Gasteiger partial charge < -0.3 is 30.7 Å². The van der Waals surface area contributed by atoms with Gasteiger partial charge in [0.05, 0.1) is 6.61 Å². The molecular formula is C11H16N5O6P. The molecule has 11 nitrogen and oxygen atoms in total. The molecule has 2 saturated heterocycles. The lowest BCUT2D eigenvalue weighted by atomic mass is 9.94. The van der Waals surface area contributed by atoms with Crippen molar-refractivity contribution in [3.8, 4) is 0 Å². The lowest BCUT2D eigenvalue weighted by Crippen LogP contribution is -2.66. The molecule has 3 aliphatic heterocycles. The van der Waals surface area contributed by atoms with Crippen LogP contribution in [-0.2, 0) is 18.3 Å². The van der Waals surface area contributed by atoms with Crippen LogP contribution < -0.4 is 21.9 Å². The number of nitrogens with two attached hydrogens (primary N) is 1. The first kappa shape index (κ1) is 14.9. The number of hydrogen-bond acceptors (Lipinski definition) is 10. The van der Waals surface area contributed by atoms with Gasteiger partial charge in [0.2, 0.25) is 5.95 Å². The number of hydrogen-bond donors (Lipinski definition) is 5. The molecule has 0 bridgehead atoms. The number of H-pyrrole nitrogens is 1. The molecule has 126 valence electrons. The number of aliphatic hydroxyl groups excluding tert-OH is 1. The van der Waals surface area contributed by atoms with Gasteiger partial charge in [0.25, 0.3) is 5.56 Å². The van der Waals surface area contributed by atoms with Crippen molar-refractivity contribution in [2.45, 2.75) is 30.6 Å². The largest absolute Gasteiger partial charge is 0.388 e. The lowest BCUT2D eigenvalue weighted by Gasteiger charge is -2.49. The first-order chi connectivity index (χ1) is 10.8. The fraction of sp³-hybridized carbons (Fsp3) is 0.636. The van der Waals surface area contributed by atoms with Crippen LogP contribution in [0, 0.1) is 0 Å². The van der Waals surface area contributed by atoms with Gasteiger partial charge in [0.1, 0.15) is 30.0 Å². The highest BCUT2D eigenvalue weighted by molar-refractivity contribution is 7.53. The van der Waals surface area contributed by atoms with E-state index in [1.165, 1.54) is 6.66 Å². The summed E-state index contributed by atoms with van der Waals surface area (Å²) in [5.41, 5.74) is 5.19. The second-order valence-electron chi connectivity index (χ2n) is 5.71. The Morgan fingerprint density at radius 1 is 1.43 bits per heavy atom. The Labute approximate surface area is 130 Å². The molecule has 0 amide bonds. The standard InChI is InChI=1S/C11H16N5O6P/c1-23(19)20-2-3-7(22-23)6(17)4-10(21-3)14-8-5(13-4)9(18)16-11(12)15-8/h3-4,6-7,10,13,17H,2H2,1H3,(H4,12,14,15,16,18). The fourth-order valence-electron chi connectivity index (χ4n) is 2.99. The Hall–Kier alpha value is -1.65. The maximum absolute atomic E-state index is 12.0. The summed E-state index contributed by atoms with van der Waals surface area (Å²) in [6.45, 7) is 1.37. The molecule has 4 rings (SSSR count). The van der Waals surface area contributed by atoms with E-state index in [0.29, 0.717) is 0 Å². The normalized spacial score (nSPS) is 41.7. The van der Waals surface area contributed by atoms with Crippen LogP contribution in [0.25, 0.3) is 0 Å². The van der Waals surface area contributed by atoms with E-state index in [1.807, 2.05) is 0 Å². The van der Waals surface area contributed by atoms with Crippen molar-refractivity contribution in [1.82, 2.24) is 9.97 Å². The summed E-state index contributed by atoms with van der Waals surface area (Å²) in [6.07, 6.45) is -3.15. The SMILES string of the molecule is CP1(=O)OCC2OC3Nc4nc(N)[nH]c(=O)c4NC3C(O)C2O1. The second kappa shape index (κ2) is 4.92. The summed E-state index contributed by atoms with van der Waals surface area (Å²) < 4.78 is 28.2. The van der Waals surface area contributed by atoms with E-state index in [2.05, 4.69) is 20.6 Å². The van der Waals surface area contributed by atoms with E-state index in [0.717, 1.165) is 0 Å². The number of anilines is 3. The molecule has 0 aromatic carbocycles. The Balaban J connectivity index is 1.67. The van der Waals surface area contributed by atoms with Crippen LogP contribution in [0.15, 0.2) is 4.79 Å². The van der Waals surface area contributed by atoms with Crippen LogP contribution >= 0.6 is 7.60 Å². The predicted octanol–water partition coefficient (Wildman–Crippen LogP) is -1.12. The van der Waals surface area contributed by atoms with Gasteiger partial charge in [-0.1, -0.05) is 0 Å². The fourth-order valence-corrected chi connectivity index (χ4v) is 4.18. The Morgan fingerprint density at radius 2 is 2.22 bits per heavy atom. The number of aromatic nitrogens is 2. The van der Waals surface area contributed by atoms with Crippen LogP contribution in [0.1, 0.15) is 0 Å². The molecule has 3 aliphatic rings. The van der Waals surface area contributed by atoms with Crippen molar-refractivity contribution in [3.05, 3.63) is 10.4 Å². The third-order valence-electron chi connectivity index (χ3n) is 4.03. The first-order valence-electron chi connectivity index (χ1n) is 7.01. The van der Waals surface area contributed by atoms with E-state index in [9.17, 15) is 14.5 Å². The highest BCUT2D eigenvalue weighted by atomic mass is 31.2. The minimum Gasteiger partial charge on any atom is -0.388 e. The summed E-state index contributed by atoms with van der Waals surface area (Å²) in [6, 6.07) is -0.687. The molecule has 0 radical (unpaired) electrons. The van der Waals surface area contributed by atoms with Crippen molar-refractivity contribution < 1.29 is 23.5 Å². The van der Waals surface area contributed by atoms with Crippen LogP contribution in [0.4, 0.5) is 17.5 Å². The van der Waals surface area contributed by atoms with Gasteiger partial charge in [-0.25, -0.2) is 0 Å². The molecule has 6 atom stereocenters. The Morgan fingerprint density at radius 3 is 3.00 bits per heavy atom. The van der Waals surface area contributed by atoms with Crippen molar-refractivity contribution in [2.24, 2.45) is 0 Å². The number of aliphatic hydroxyl groups is 1. The summed E-state index contributed by atoms with van der Waals surface area (Å²) in [5, 5.41) is 16.4. The van der Waals surface area contributed by atoms with Crippen molar-refractivity contribution in [3.63, 3.8) is 0 Å². The molecule has 6 N–H and O–H groups in total. The highest BCUT2D eigenvalue weighted by Gasteiger charge is 2.52.